The molecule has 3 aromatic heterocycles. The lowest BCUT2D eigenvalue weighted by atomic mass is 10.1. The maximum atomic E-state index is 5.98. The number of H-pyrrole nitrogens is 1. The van der Waals surface area contributed by atoms with Crippen molar-refractivity contribution in [3.8, 4) is 11.3 Å². The van der Waals surface area contributed by atoms with Gasteiger partial charge in [0.1, 0.15) is 16.5 Å². The van der Waals surface area contributed by atoms with Crippen molar-refractivity contribution < 1.29 is 0 Å². The molecule has 0 fully saturated rings. The predicted molar refractivity (Wildman–Crippen MR) is 101 cm³/mol. The smallest absolute Gasteiger partial charge is 0.156 e. The first-order chi connectivity index (χ1) is 12.2. The van der Waals surface area contributed by atoms with Crippen molar-refractivity contribution in [1.82, 2.24) is 19.9 Å². The van der Waals surface area contributed by atoms with Crippen LogP contribution in [-0.2, 0) is 0 Å². The van der Waals surface area contributed by atoms with E-state index in [2.05, 4.69) is 39.3 Å². The van der Waals surface area contributed by atoms with E-state index in [1.54, 1.807) is 0 Å². The van der Waals surface area contributed by atoms with Crippen molar-refractivity contribution in [1.29, 1.82) is 0 Å². The first kappa shape index (κ1) is 15.6. The average molecular weight is 350 g/mol. The van der Waals surface area contributed by atoms with Crippen LogP contribution in [0.1, 0.15) is 18.5 Å². The monoisotopic (exact) mass is 349 g/mol. The third-order valence-corrected chi connectivity index (χ3v) is 4.22. The third kappa shape index (κ3) is 3.19. The molecule has 3 heterocycles. The summed E-state index contributed by atoms with van der Waals surface area (Å²) in [5.74, 6) is 0.804. The second-order valence-electron chi connectivity index (χ2n) is 5.78. The Labute approximate surface area is 150 Å². The number of benzene rings is 1. The number of nitrogens with zero attached hydrogens (tertiary/aromatic N) is 3. The summed E-state index contributed by atoms with van der Waals surface area (Å²) >= 11 is 5.98. The molecule has 6 heteroatoms. The van der Waals surface area contributed by atoms with Gasteiger partial charge >= 0.3 is 0 Å². The van der Waals surface area contributed by atoms with Crippen LogP contribution in [0.25, 0.3) is 22.4 Å². The van der Waals surface area contributed by atoms with Crippen molar-refractivity contribution in [2.75, 3.05) is 5.32 Å². The summed E-state index contributed by atoms with van der Waals surface area (Å²) in [5.41, 5.74) is 4.30. The standard InChI is InChI=1S/C19H16ClN5/c1-12(13-6-3-2-4-7-13)23-17-9-5-8-15(24-17)14-10-21-19-18(14)25-16(20)11-22-19/h2-12H,1H3,(H,21,22)(H,23,24)/t12-/m0/s1. The Morgan fingerprint density at radius 2 is 1.88 bits per heavy atom. The van der Waals surface area contributed by atoms with Crippen LogP contribution in [0, 0.1) is 0 Å². The van der Waals surface area contributed by atoms with Gasteiger partial charge in [0.15, 0.2) is 5.65 Å². The van der Waals surface area contributed by atoms with Crippen LogP contribution >= 0.6 is 11.6 Å². The Balaban J connectivity index is 1.66. The third-order valence-electron chi connectivity index (χ3n) is 4.04. The molecule has 2 N–H and O–H groups in total. The Bertz CT molecular complexity index is 1010. The SMILES string of the molecule is C[C@H](Nc1cccc(-c2c[nH]c3ncc(Cl)nc23)n1)c1ccccc1. The zero-order valence-electron chi connectivity index (χ0n) is 13.6. The van der Waals surface area contributed by atoms with Gasteiger partial charge in [-0.05, 0) is 24.6 Å². The van der Waals surface area contributed by atoms with Gasteiger partial charge < -0.3 is 10.3 Å². The summed E-state index contributed by atoms with van der Waals surface area (Å²) in [6.07, 6.45) is 3.38. The van der Waals surface area contributed by atoms with Crippen molar-refractivity contribution in [2.24, 2.45) is 0 Å². The van der Waals surface area contributed by atoms with Crippen LogP contribution < -0.4 is 5.32 Å². The first-order valence-corrected chi connectivity index (χ1v) is 8.37. The number of anilines is 1. The minimum atomic E-state index is 0.154. The molecule has 0 unspecified atom stereocenters. The highest BCUT2D eigenvalue weighted by Crippen LogP contribution is 2.27. The maximum Gasteiger partial charge on any atom is 0.156 e. The Kier molecular flexibility index (Phi) is 4.07. The Hall–Kier alpha value is -2.92. The van der Waals surface area contributed by atoms with Gasteiger partial charge in [0.05, 0.1) is 11.9 Å². The van der Waals surface area contributed by atoms with E-state index in [-0.39, 0.29) is 6.04 Å². The van der Waals surface area contributed by atoms with E-state index in [1.165, 1.54) is 11.8 Å². The zero-order valence-corrected chi connectivity index (χ0v) is 14.3. The summed E-state index contributed by atoms with van der Waals surface area (Å²) < 4.78 is 0. The Morgan fingerprint density at radius 1 is 1.04 bits per heavy atom. The molecule has 5 nitrogen and oxygen atoms in total. The largest absolute Gasteiger partial charge is 0.364 e. The van der Waals surface area contributed by atoms with E-state index < -0.39 is 0 Å². The molecule has 0 saturated carbocycles. The number of pyridine rings is 1. The minimum absolute atomic E-state index is 0.154. The number of fused-ring (bicyclic) bond motifs is 1. The van der Waals surface area contributed by atoms with Gasteiger partial charge in [-0.15, -0.1) is 0 Å². The maximum absolute atomic E-state index is 5.98. The van der Waals surface area contributed by atoms with Crippen LogP contribution in [0.5, 0.6) is 0 Å². The van der Waals surface area contributed by atoms with E-state index in [1.807, 2.05) is 42.6 Å². The molecule has 4 aromatic rings. The quantitative estimate of drug-likeness (QED) is 0.553. The molecule has 0 saturated heterocycles. The molecule has 4 rings (SSSR count). The fourth-order valence-corrected chi connectivity index (χ4v) is 2.91. The lowest BCUT2D eigenvalue weighted by molar-refractivity contribution is 0.875. The van der Waals surface area contributed by atoms with Gasteiger partial charge in [-0.1, -0.05) is 48.0 Å². The molecule has 1 aromatic carbocycles. The highest BCUT2D eigenvalue weighted by molar-refractivity contribution is 6.29. The fourth-order valence-electron chi connectivity index (χ4n) is 2.78. The normalized spacial score (nSPS) is 12.2. The van der Waals surface area contributed by atoms with Crippen LogP contribution in [-0.4, -0.2) is 19.9 Å². The lowest BCUT2D eigenvalue weighted by Crippen LogP contribution is -2.07. The molecule has 0 amide bonds. The Morgan fingerprint density at radius 3 is 2.72 bits per heavy atom. The topological polar surface area (TPSA) is 66.5 Å². The summed E-state index contributed by atoms with van der Waals surface area (Å²) in [5, 5.41) is 3.80. The molecule has 25 heavy (non-hydrogen) atoms. The van der Waals surface area contributed by atoms with Crippen molar-refractivity contribution >= 4 is 28.6 Å². The highest BCUT2D eigenvalue weighted by atomic mass is 35.5. The van der Waals surface area contributed by atoms with Gasteiger partial charge in [0.25, 0.3) is 0 Å². The second-order valence-corrected chi connectivity index (χ2v) is 6.16. The average Bonchev–Trinajstić information content (AvgIpc) is 3.05. The molecule has 0 spiro atoms. The molecule has 0 aliphatic rings. The van der Waals surface area contributed by atoms with E-state index >= 15 is 0 Å². The zero-order chi connectivity index (χ0) is 17.2. The van der Waals surface area contributed by atoms with Gasteiger partial charge in [-0.25, -0.2) is 15.0 Å². The summed E-state index contributed by atoms with van der Waals surface area (Å²) in [6.45, 7) is 2.11. The number of nitrogens with one attached hydrogen (secondary N) is 2. The molecule has 0 aliphatic carbocycles. The van der Waals surface area contributed by atoms with Crippen LogP contribution in [0.15, 0.2) is 60.9 Å². The van der Waals surface area contributed by atoms with Gasteiger partial charge in [-0.3, -0.25) is 0 Å². The lowest BCUT2D eigenvalue weighted by Gasteiger charge is -2.15. The number of aromatic nitrogens is 4. The molecule has 124 valence electrons. The van der Waals surface area contributed by atoms with E-state index in [4.69, 9.17) is 16.6 Å². The minimum Gasteiger partial charge on any atom is -0.364 e. The summed E-state index contributed by atoms with van der Waals surface area (Å²) in [6, 6.07) is 16.3. The van der Waals surface area contributed by atoms with Crippen molar-refractivity contribution in [3.05, 3.63) is 71.6 Å². The summed E-state index contributed by atoms with van der Waals surface area (Å²) in [4.78, 5) is 16.4. The van der Waals surface area contributed by atoms with Crippen LogP contribution in [0.4, 0.5) is 5.82 Å². The van der Waals surface area contributed by atoms with Gasteiger partial charge in [-0.2, -0.15) is 0 Å². The molecular weight excluding hydrogens is 334 g/mol. The number of hydrogen-bond acceptors (Lipinski definition) is 4. The summed E-state index contributed by atoms with van der Waals surface area (Å²) in [7, 11) is 0. The number of aromatic amines is 1. The molecular formula is C19H16ClN5. The number of rotatable bonds is 4. The number of halogens is 1. The molecule has 0 bridgehead atoms. The van der Waals surface area contributed by atoms with Crippen molar-refractivity contribution in [2.45, 2.75) is 13.0 Å². The molecule has 0 radical (unpaired) electrons. The predicted octanol–water partition coefficient (Wildman–Crippen LogP) is 4.85. The van der Waals surface area contributed by atoms with E-state index in [0.29, 0.717) is 16.3 Å². The van der Waals surface area contributed by atoms with Gasteiger partial charge in [0.2, 0.25) is 0 Å². The molecule has 1 atom stereocenters. The highest BCUT2D eigenvalue weighted by Gasteiger charge is 2.12. The van der Waals surface area contributed by atoms with Crippen LogP contribution in [0.2, 0.25) is 5.15 Å². The van der Waals surface area contributed by atoms with Crippen LogP contribution in [0.3, 0.4) is 0 Å². The second kappa shape index (κ2) is 6.53. The van der Waals surface area contributed by atoms with Crippen molar-refractivity contribution in [3.63, 3.8) is 0 Å². The van der Waals surface area contributed by atoms with E-state index in [9.17, 15) is 0 Å². The van der Waals surface area contributed by atoms with Gasteiger partial charge in [0, 0.05) is 17.8 Å². The molecule has 0 aliphatic heterocycles. The fraction of sp³-hybridized carbons (Fsp3) is 0.105. The van der Waals surface area contributed by atoms with E-state index in [0.717, 1.165) is 17.1 Å². The first-order valence-electron chi connectivity index (χ1n) is 7.99. The number of hydrogen-bond donors (Lipinski definition) is 2.